The van der Waals surface area contributed by atoms with Gasteiger partial charge in [-0.3, -0.25) is 9.59 Å². The van der Waals surface area contributed by atoms with Gasteiger partial charge in [-0.2, -0.15) is 0 Å². The van der Waals surface area contributed by atoms with E-state index in [1.54, 1.807) is 57.2 Å². The van der Waals surface area contributed by atoms with E-state index in [1.165, 1.54) is 21.3 Å². The number of benzene rings is 2. The van der Waals surface area contributed by atoms with E-state index in [0.717, 1.165) is 0 Å². The van der Waals surface area contributed by atoms with Crippen LogP contribution in [0.1, 0.15) is 51.2 Å². The molecule has 0 aromatic heterocycles. The lowest BCUT2D eigenvalue weighted by molar-refractivity contribution is -0.155. The van der Waals surface area contributed by atoms with Crippen molar-refractivity contribution in [2.45, 2.75) is 57.7 Å². The normalized spacial score (nSPS) is 16.3. The highest BCUT2D eigenvalue weighted by molar-refractivity contribution is 6.00. The van der Waals surface area contributed by atoms with Crippen LogP contribution in [0.3, 0.4) is 0 Å². The Bertz CT molecular complexity index is 1200. The molecule has 0 unspecified atom stereocenters. The van der Waals surface area contributed by atoms with Gasteiger partial charge < -0.3 is 38.8 Å². The first-order chi connectivity index (χ1) is 19.5. The summed E-state index contributed by atoms with van der Waals surface area (Å²) in [4.78, 5) is 31.0. The van der Waals surface area contributed by atoms with Crippen molar-refractivity contribution in [2.24, 2.45) is 4.99 Å². The number of rotatable bonds is 14. The van der Waals surface area contributed by atoms with E-state index in [1.807, 2.05) is 0 Å². The van der Waals surface area contributed by atoms with Crippen LogP contribution in [-0.2, 0) is 25.6 Å². The first kappa shape index (κ1) is 31.5. The summed E-state index contributed by atoms with van der Waals surface area (Å²) >= 11 is 0. The first-order valence-corrected chi connectivity index (χ1v) is 13.4. The number of nitrogens with zero attached hydrogens (tertiary/aromatic N) is 1. The molecule has 0 spiro atoms. The summed E-state index contributed by atoms with van der Waals surface area (Å²) in [6, 6.07) is 10.5. The van der Waals surface area contributed by atoms with E-state index >= 15 is 0 Å². The fourth-order valence-electron chi connectivity index (χ4n) is 4.19. The Morgan fingerprint density at radius 2 is 1.68 bits per heavy atom. The Morgan fingerprint density at radius 1 is 1.02 bits per heavy atom. The average Bonchev–Trinajstić information content (AvgIpc) is 3.39. The molecule has 1 aliphatic heterocycles. The predicted octanol–water partition coefficient (Wildman–Crippen LogP) is 3.43. The Kier molecular flexibility index (Phi) is 10.8. The number of esters is 1. The van der Waals surface area contributed by atoms with Crippen molar-refractivity contribution in [2.75, 3.05) is 41.2 Å². The number of aliphatic hydroxyl groups excluding tert-OH is 1. The van der Waals surface area contributed by atoms with Gasteiger partial charge in [-0.25, -0.2) is 4.99 Å². The molecule has 3 rings (SSSR count). The molecule has 1 amide bonds. The Morgan fingerprint density at radius 3 is 2.24 bits per heavy atom. The maximum Gasteiger partial charge on any atom is 0.306 e. The predicted molar refractivity (Wildman–Crippen MR) is 152 cm³/mol. The molecular weight excluding hydrogens is 532 g/mol. The minimum atomic E-state index is -1.37. The van der Waals surface area contributed by atoms with Gasteiger partial charge in [0.15, 0.2) is 5.54 Å². The Labute approximate surface area is 240 Å². The molecule has 0 radical (unpaired) electrons. The van der Waals surface area contributed by atoms with Crippen LogP contribution in [0.25, 0.3) is 0 Å². The van der Waals surface area contributed by atoms with Crippen molar-refractivity contribution in [3.8, 4) is 23.0 Å². The number of hydrogen-bond acceptors (Lipinski definition) is 10. The van der Waals surface area contributed by atoms with Gasteiger partial charge in [0.2, 0.25) is 5.90 Å². The molecule has 41 heavy (non-hydrogen) atoms. The van der Waals surface area contributed by atoms with Gasteiger partial charge in [-0.05, 0) is 51.5 Å². The zero-order chi connectivity index (χ0) is 30.0. The second-order valence-corrected chi connectivity index (χ2v) is 10.5. The lowest BCUT2D eigenvalue weighted by Crippen LogP contribution is -2.47. The molecule has 1 heterocycles. The third-order valence-corrected chi connectivity index (χ3v) is 6.26. The van der Waals surface area contributed by atoms with Crippen LogP contribution in [0.2, 0.25) is 0 Å². The maximum absolute atomic E-state index is 13.7. The SMILES string of the molecule is COc1cc(OC)c(CNC(=O)[C@@]2(CCC(=O)OC(C)(C)C)COC(c3ccc(OCCCO)cc3)=N2)c(OC)c1. The summed E-state index contributed by atoms with van der Waals surface area (Å²) in [7, 11) is 4.58. The van der Waals surface area contributed by atoms with Crippen molar-refractivity contribution >= 4 is 17.8 Å². The molecule has 11 heteroatoms. The van der Waals surface area contributed by atoms with E-state index in [0.29, 0.717) is 47.2 Å². The van der Waals surface area contributed by atoms with Crippen LogP contribution in [0.5, 0.6) is 23.0 Å². The molecule has 2 N–H and O–H groups in total. The summed E-state index contributed by atoms with van der Waals surface area (Å²) in [5, 5.41) is 11.9. The van der Waals surface area contributed by atoms with Gasteiger partial charge in [-0.15, -0.1) is 0 Å². The number of nitrogens with one attached hydrogen (secondary N) is 1. The van der Waals surface area contributed by atoms with Crippen LogP contribution >= 0.6 is 0 Å². The van der Waals surface area contributed by atoms with Crippen LogP contribution in [-0.4, -0.2) is 75.2 Å². The zero-order valence-corrected chi connectivity index (χ0v) is 24.6. The molecule has 2 aromatic carbocycles. The number of amides is 1. The van der Waals surface area contributed by atoms with Gasteiger partial charge in [0.1, 0.15) is 35.2 Å². The summed E-state index contributed by atoms with van der Waals surface area (Å²) in [5.74, 6) is 1.58. The summed E-state index contributed by atoms with van der Waals surface area (Å²) in [6.07, 6.45) is 0.579. The third-order valence-electron chi connectivity index (χ3n) is 6.26. The average molecular weight is 573 g/mol. The molecular formula is C30H40N2O9. The molecule has 0 saturated carbocycles. The van der Waals surface area contributed by atoms with Gasteiger partial charge in [0.25, 0.3) is 5.91 Å². The minimum Gasteiger partial charge on any atom is -0.496 e. The van der Waals surface area contributed by atoms with E-state index in [9.17, 15) is 9.59 Å². The quantitative estimate of drug-likeness (QED) is 0.258. The number of aliphatic imine (C=N–C) groups is 1. The summed E-state index contributed by atoms with van der Waals surface area (Å²) in [6.45, 7) is 5.83. The summed E-state index contributed by atoms with van der Waals surface area (Å²) in [5.41, 5.74) is -0.748. The third kappa shape index (κ3) is 8.50. The van der Waals surface area contributed by atoms with E-state index in [2.05, 4.69) is 5.32 Å². The number of methoxy groups -OCH3 is 3. The number of aliphatic hydroxyl groups is 1. The standard InChI is InChI=1S/C30H40N2O9/c1-29(2,3)41-26(34)12-13-30(19-40-27(32-30)20-8-10-21(11-9-20)39-15-7-14-33)28(35)31-18-23-24(37-5)16-22(36-4)17-25(23)38-6/h8-11,16-17,33H,7,12-15,18-19H2,1-6H3,(H,31,35)/t30-/m1/s1. The van der Waals surface area contributed by atoms with Crippen molar-refractivity contribution in [1.29, 1.82) is 0 Å². The van der Waals surface area contributed by atoms with Gasteiger partial charge in [0.05, 0.1) is 40.0 Å². The molecule has 1 atom stereocenters. The molecule has 0 fully saturated rings. The van der Waals surface area contributed by atoms with Crippen molar-refractivity contribution in [3.05, 3.63) is 47.5 Å². The molecule has 0 saturated heterocycles. The largest absolute Gasteiger partial charge is 0.496 e. The number of hydrogen-bond donors (Lipinski definition) is 2. The Balaban J connectivity index is 1.85. The Hall–Kier alpha value is -3.99. The molecule has 11 nitrogen and oxygen atoms in total. The molecule has 0 aliphatic carbocycles. The fourth-order valence-corrected chi connectivity index (χ4v) is 4.19. The topological polar surface area (TPSA) is 134 Å². The van der Waals surface area contributed by atoms with Gasteiger partial charge >= 0.3 is 5.97 Å². The molecule has 2 aromatic rings. The van der Waals surface area contributed by atoms with Crippen LogP contribution in [0.15, 0.2) is 41.4 Å². The van der Waals surface area contributed by atoms with Gasteiger partial charge in [-0.1, -0.05) is 0 Å². The van der Waals surface area contributed by atoms with Gasteiger partial charge in [0, 0.05) is 37.1 Å². The van der Waals surface area contributed by atoms with Crippen molar-refractivity contribution in [1.82, 2.24) is 5.32 Å². The summed E-state index contributed by atoms with van der Waals surface area (Å²) < 4.78 is 33.3. The monoisotopic (exact) mass is 572 g/mol. The lowest BCUT2D eigenvalue weighted by Gasteiger charge is -2.25. The van der Waals surface area contributed by atoms with E-state index in [4.69, 9.17) is 38.5 Å². The van der Waals surface area contributed by atoms with Crippen molar-refractivity contribution in [3.63, 3.8) is 0 Å². The highest BCUT2D eigenvalue weighted by Gasteiger charge is 2.45. The van der Waals surface area contributed by atoms with Crippen LogP contribution < -0.4 is 24.3 Å². The van der Waals surface area contributed by atoms with Crippen LogP contribution in [0.4, 0.5) is 0 Å². The smallest absolute Gasteiger partial charge is 0.306 e. The van der Waals surface area contributed by atoms with Crippen molar-refractivity contribution < 1.29 is 43.1 Å². The highest BCUT2D eigenvalue weighted by atomic mass is 16.6. The first-order valence-electron chi connectivity index (χ1n) is 13.4. The van der Waals surface area contributed by atoms with E-state index in [-0.39, 0.29) is 38.5 Å². The fraction of sp³-hybridized carbons (Fsp3) is 0.500. The molecule has 0 bridgehead atoms. The van der Waals surface area contributed by atoms with Crippen LogP contribution in [0, 0.1) is 0 Å². The second kappa shape index (κ2) is 14.1. The second-order valence-electron chi connectivity index (χ2n) is 10.5. The highest BCUT2D eigenvalue weighted by Crippen LogP contribution is 2.35. The number of carbonyl (C=O) groups is 2. The molecule has 1 aliphatic rings. The minimum absolute atomic E-state index is 0.0301. The van der Waals surface area contributed by atoms with E-state index < -0.39 is 23.0 Å². The molecule has 224 valence electrons. The maximum atomic E-state index is 13.7. The lowest BCUT2D eigenvalue weighted by atomic mass is 9.94. The number of ether oxygens (including phenoxy) is 6. The number of carbonyl (C=O) groups excluding carboxylic acids is 2. The zero-order valence-electron chi connectivity index (χ0n) is 24.6.